The van der Waals surface area contributed by atoms with Crippen molar-refractivity contribution in [1.82, 2.24) is 10.6 Å². The summed E-state index contributed by atoms with van der Waals surface area (Å²) >= 11 is 0. The van der Waals surface area contributed by atoms with Crippen molar-refractivity contribution in [3.8, 4) is 0 Å². The van der Waals surface area contributed by atoms with Gasteiger partial charge in [-0.2, -0.15) is 0 Å². The molecule has 0 spiro atoms. The lowest BCUT2D eigenvalue weighted by Crippen LogP contribution is -2.26. The number of hydrogen-bond acceptors (Lipinski definition) is 3. The summed E-state index contributed by atoms with van der Waals surface area (Å²) in [6, 6.07) is 6.71. The van der Waals surface area contributed by atoms with Gasteiger partial charge in [-0.25, -0.2) is 0 Å². The highest BCUT2D eigenvalue weighted by Crippen LogP contribution is 2.31. The van der Waals surface area contributed by atoms with Crippen LogP contribution in [0.2, 0.25) is 0 Å². The summed E-state index contributed by atoms with van der Waals surface area (Å²) in [7, 11) is 2.01. The first kappa shape index (κ1) is 11.7. The molecule has 96 valence electrons. The first-order valence-electron chi connectivity index (χ1n) is 6.58. The van der Waals surface area contributed by atoms with Crippen LogP contribution in [0.4, 0.5) is 5.69 Å². The van der Waals surface area contributed by atoms with Gasteiger partial charge in [0.05, 0.1) is 6.42 Å². The van der Waals surface area contributed by atoms with Gasteiger partial charge in [-0.15, -0.1) is 0 Å². The molecule has 1 aromatic rings. The molecule has 0 aromatic heterocycles. The highest BCUT2D eigenvalue weighted by molar-refractivity contribution is 5.99. The summed E-state index contributed by atoms with van der Waals surface area (Å²) in [4.78, 5) is 11.4. The van der Waals surface area contributed by atoms with Gasteiger partial charge in [0, 0.05) is 11.7 Å². The molecule has 0 radical (unpaired) electrons. The highest BCUT2D eigenvalue weighted by atomic mass is 16.1. The molecule has 1 saturated heterocycles. The summed E-state index contributed by atoms with van der Waals surface area (Å²) in [5.41, 5.74) is 3.40. The third kappa shape index (κ3) is 2.02. The normalized spacial score (nSPS) is 23.8. The molecule has 18 heavy (non-hydrogen) atoms. The van der Waals surface area contributed by atoms with Crippen LogP contribution in [0.5, 0.6) is 0 Å². The number of fused-ring (bicyclic) bond motifs is 1. The van der Waals surface area contributed by atoms with Crippen LogP contribution in [-0.4, -0.2) is 26.0 Å². The maximum Gasteiger partial charge on any atom is 0.228 e. The van der Waals surface area contributed by atoms with Gasteiger partial charge in [-0.05, 0) is 49.7 Å². The van der Waals surface area contributed by atoms with E-state index in [-0.39, 0.29) is 5.91 Å². The number of carbonyl (C=O) groups is 1. The van der Waals surface area contributed by atoms with Gasteiger partial charge < -0.3 is 16.0 Å². The van der Waals surface area contributed by atoms with Crippen LogP contribution in [0, 0.1) is 5.92 Å². The molecule has 2 aliphatic heterocycles. The van der Waals surface area contributed by atoms with Crippen LogP contribution in [0.15, 0.2) is 18.2 Å². The van der Waals surface area contributed by atoms with Crippen LogP contribution in [0.1, 0.15) is 23.6 Å². The van der Waals surface area contributed by atoms with E-state index in [2.05, 4.69) is 28.1 Å². The predicted octanol–water partition coefficient (Wildman–Crippen LogP) is 1.05. The van der Waals surface area contributed by atoms with Gasteiger partial charge in [0.15, 0.2) is 0 Å². The van der Waals surface area contributed by atoms with E-state index in [4.69, 9.17) is 0 Å². The molecule has 2 heterocycles. The summed E-state index contributed by atoms with van der Waals surface area (Å²) in [5, 5.41) is 9.71. The SMILES string of the molecule is CNC(c1ccc2c(c1)CC(=O)N2)C1CCNC1. The van der Waals surface area contributed by atoms with Gasteiger partial charge in [-0.3, -0.25) is 4.79 Å². The average molecular weight is 245 g/mol. The van der Waals surface area contributed by atoms with E-state index >= 15 is 0 Å². The zero-order valence-electron chi connectivity index (χ0n) is 10.6. The number of hydrogen-bond donors (Lipinski definition) is 3. The van der Waals surface area contributed by atoms with Gasteiger partial charge in [-0.1, -0.05) is 12.1 Å². The highest BCUT2D eigenvalue weighted by Gasteiger charge is 2.26. The maximum atomic E-state index is 11.4. The zero-order chi connectivity index (χ0) is 12.5. The molecule has 1 amide bonds. The summed E-state index contributed by atoms with van der Waals surface area (Å²) in [6.45, 7) is 2.17. The fourth-order valence-corrected chi connectivity index (χ4v) is 3.08. The van der Waals surface area contributed by atoms with Crippen LogP contribution >= 0.6 is 0 Å². The van der Waals surface area contributed by atoms with Crippen molar-refractivity contribution >= 4 is 11.6 Å². The number of carbonyl (C=O) groups excluding carboxylic acids is 1. The summed E-state index contributed by atoms with van der Waals surface area (Å²) in [6.07, 6.45) is 1.72. The smallest absolute Gasteiger partial charge is 0.228 e. The largest absolute Gasteiger partial charge is 0.326 e. The van der Waals surface area contributed by atoms with Crippen molar-refractivity contribution in [2.75, 3.05) is 25.5 Å². The molecule has 2 aliphatic rings. The number of nitrogens with one attached hydrogen (secondary N) is 3. The van der Waals surface area contributed by atoms with Crippen molar-refractivity contribution in [2.24, 2.45) is 5.92 Å². The van der Waals surface area contributed by atoms with Crippen molar-refractivity contribution in [1.29, 1.82) is 0 Å². The molecule has 3 N–H and O–H groups in total. The first-order chi connectivity index (χ1) is 8.78. The quantitative estimate of drug-likeness (QED) is 0.746. The molecule has 2 atom stereocenters. The Morgan fingerprint density at radius 2 is 2.33 bits per heavy atom. The first-order valence-corrected chi connectivity index (χ1v) is 6.58. The molecule has 4 heteroatoms. The molecular formula is C14H19N3O. The number of anilines is 1. The lowest BCUT2D eigenvalue weighted by molar-refractivity contribution is -0.115. The lowest BCUT2D eigenvalue weighted by Gasteiger charge is -2.23. The van der Waals surface area contributed by atoms with E-state index in [1.54, 1.807) is 0 Å². The molecule has 1 fully saturated rings. The minimum atomic E-state index is 0.102. The van der Waals surface area contributed by atoms with E-state index in [1.807, 2.05) is 13.1 Å². The monoisotopic (exact) mass is 245 g/mol. The van der Waals surface area contributed by atoms with Crippen LogP contribution in [0.3, 0.4) is 0 Å². The Bertz CT molecular complexity index is 466. The maximum absolute atomic E-state index is 11.4. The Labute approximate surface area is 107 Å². The van der Waals surface area contributed by atoms with E-state index in [0.717, 1.165) is 24.3 Å². The Kier molecular flexibility index (Phi) is 3.06. The second kappa shape index (κ2) is 4.71. The van der Waals surface area contributed by atoms with Crippen molar-refractivity contribution < 1.29 is 4.79 Å². The minimum absolute atomic E-state index is 0.102. The zero-order valence-corrected chi connectivity index (χ0v) is 10.6. The Balaban J connectivity index is 1.87. The second-order valence-electron chi connectivity index (χ2n) is 5.16. The molecule has 0 saturated carbocycles. The van der Waals surface area contributed by atoms with Gasteiger partial charge in [0.1, 0.15) is 0 Å². The Morgan fingerprint density at radius 3 is 3.06 bits per heavy atom. The predicted molar refractivity (Wildman–Crippen MR) is 71.6 cm³/mol. The van der Waals surface area contributed by atoms with Crippen LogP contribution in [0.25, 0.3) is 0 Å². The van der Waals surface area contributed by atoms with E-state index in [1.165, 1.54) is 12.0 Å². The number of amides is 1. The van der Waals surface area contributed by atoms with Crippen LogP contribution < -0.4 is 16.0 Å². The van der Waals surface area contributed by atoms with E-state index in [0.29, 0.717) is 18.4 Å². The minimum Gasteiger partial charge on any atom is -0.326 e. The fourth-order valence-electron chi connectivity index (χ4n) is 3.08. The lowest BCUT2D eigenvalue weighted by atomic mass is 9.91. The molecule has 4 nitrogen and oxygen atoms in total. The molecular weight excluding hydrogens is 226 g/mol. The van der Waals surface area contributed by atoms with E-state index in [9.17, 15) is 4.79 Å². The van der Waals surface area contributed by atoms with E-state index < -0.39 is 0 Å². The molecule has 1 aromatic carbocycles. The third-order valence-corrected chi connectivity index (χ3v) is 3.99. The molecule has 0 bridgehead atoms. The number of rotatable bonds is 3. The number of benzene rings is 1. The average Bonchev–Trinajstić information content (AvgIpc) is 2.97. The van der Waals surface area contributed by atoms with Gasteiger partial charge in [0.25, 0.3) is 0 Å². The summed E-state index contributed by atoms with van der Waals surface area (Å²) < 4.78 is 0. The van der Waals surface area contributed by atoms with Crippen LogP contribution in [-0.2, 0) is 11.2 Å². The Hall–Kier alpha value is -1.39. The molecule has 0 aliphatic carbocycles. The summed E-state index contributed by atoms with van der Waals surface area (Å²) in [5.74, 6) is 0.740. The second-order valence-corrected chi connectivity index (χ2v) is 5.16. The third-order valence-electron chi connectivity index (χ3n) is 3.99. The standard InChI is InChI=1S/C14H19N3O/c1-15-14(10-4-5-16-8-10)9-2-3-12-11(6-9)7-13(18)17-12/h2-3,6,10,14-16H,4-5,7-8H2,1H3,(H,17,18). The topological polar surface area (TPSA) is 53.2 Å². The van der Waals surface area contributed by atoms with Crippen molar-refractivity contribution in [3.05, 3.63) is 29.3 Å². The van der Waals surface area contributed by atoms with Gasteiger partial charge >= 0.3 is 0 Å². The molecule has 3 rings (SSSR count). The Morgan fingerprint density at radius 1 is 1.44 bits per heavy atom. The van der Waals surface area contributed by atoms with Crippen molar-refractivity contribution in [2.45, 2.75) is 18.9 Å². The van der Waals surface area contributed by atoms with Crippen molar-refractivity contribution in [3.63, 3.8) is 0 Å². The fraction of sp³-hybridized carbons (Fsp3) is 0.500. The molecule has 2 unspecified atom stereocenters. The van der Waals surface area contributed by atoms with Gasteiger partial charge in [0.2, 0.25) is 5.91 Å².